The molecule has 0 fully saturated rings. The van der Waals surface area contributed by atoms with E-state index in [0.29, 0.717) is 33.6 Å². The Labute approximate surface area is 223 Å². The first-order valence-electron chi connectivity index (χ1n) is 12.3. The molecule has 0 aliphatic rings. The average molecular weight is 537 g/mol. The van der Waals surface area contributed by atoms with E-state index in [1.165, 1.54) is 9.13 Å². The first-order chi connectivity index (χ1) is 18.0. The fourth-order valence-corrected chi connectivity index (χ4v) is 5.59. The van der Waals surface area contributed by atoms with Crippen LogP contribution in [-0.2, 0) is 0 Å². The van der Waals surface area contributed by atoms with Crippen LogP contribution in [0.4, 0.5) is 0 Å². The number of unbranched alkanes of at least 4 members (excludes halogenated alkanes) is 2. The molecule has 0 radical (unpaired) electrons. The van der Waals surface area contributed by atoms with Crippen molar-refractivity contribution in [3.05, 3.63) is 60.2 Å². The second kappa shape index (κ2) is 12.3. The summed E-state index contributed by atoms with van der Waals surface area (Å²) in [5, 5.41) is -0.441. The van der Waals surface area contributed by atoms with E-state index in [1.807, 2.05) is 24.3 Å². The summed E-state index contributed by atoms with van der Waals surface area (Å²) in [5.41, 5.74) is 2.55. The molecular formula is C27H28N4O4S2. The molecule has 2 aromatic heterocycles. The van der Waals surface area contributed by atoms with Gasteiger partial charge in [-0.25, -0.2) is 9.97 Å². The quantitative estimate of drug-likeness (QED) is 0.224. The molecule has 0 bridgehead atoms. The summed E-state index contributed by atoms with van der Waals surface area (Å²) in [6.45, 7) is 3.53. The Bertz CT molecular complexity index is 1360. The lowest BCUT2D eigenvalue weighted by atomic mass is 10.3. The summed E-state index contributed by atoms with van der Waals surface area (Å²) in [6, 6.07) is 14.5. The molecule has 0 amide bonds. The summed E-state index contributed by atoms with van der Waals surface area (Å²) in [7, 11) is 0. The van der Waals surface area contributed by atoms with Crippen molar-refractivity contribution in [2.75, 3.05) is 11.5 Å². The van der Waals surface area contributed by atoms with Crippen LogP contribution in [0.5, 0.6) is 0 Å². The van der Waals surface area contributed by atoms with E-state index in [4.69, 9.17) is 0 Å². The first-order valence-corrected chi connectivity index (χ1v) is 14.3. The molecule has 37 heavy (non-hydrogen) atoms. The van der Waals surface area contributed by atoms with Gasteiger partial charge in [-0.15, -0.1) is 0 Å². The van der Waals surface area contributed by atoms with Crippen molar-refractivity contribution in [1.82, 2.24) is 19.1 Å². The maximum absolute atomic E-state index is 12.8. The van der Waals surface area contributed by atoms with Crippen molar-refractivity contribution >= 4 is 67.6 Å². The van der Waals surface area contributed by atoms with E-state index in [-0.39, 0.29) is 46.5 Å². The number of rotatable bonds is 10. The van der Waals surface area contributed by atoms with Crippen LogP contribution in [0.3, 0.4) is 0 Å². The Morgan fingerprint density at radius 1 is 0.649 bits per heavy atom. The van der Waals surface area contributed by atoms with Crippen molar-refractivity contribution in [2.45, 2.75) is 46.0 Å². The fourth-order valence-electron chi connectivity index (χ4n) is 3.99. The topological polar surface area (TPSA) is 104 Å². The van der Waals surface area contributed by atoms with Gasteiger partial charge in [0.25, 0.3) is 10.2 Å². The minimum absolute atomic E-state index is 0.159. The molecule has 10 heteroatoms. The van der Waals surface area contributed by atoms with Crippen molar-refractivity contribution in [3.63, 3.8) is 0 Å². The van der Waals surface area contributed by atoms with E-state index < -0.39 is 0 Å². The van der Waals surface area contributed by atoms with E-state index in [9.17, 15) is 19.2 Å². The van der Waals surface area contributed by atoms with Gasteiger partial charge in [0.05, 0.1) is 22.1 Å². The van der Waals surface area contributed by atoms with Gasteiger partial charge in [0.2, 0.25) is 11.8 Å². The highest BCUT2D eigenvalue weighted by molar-refractivity contribution is 8.14. The number of thioether (sulfide) groups is 2. The third-order valence-electron chi connectivity index (χ3n) is 5.85. The molecule has 2 aromatic carbocycles. The molecule has 0 unspecified atom stereocenters. The molecule has 8 nitrogen and oxygen atoms in total. The monoisotopic (exact) mass is 536 g/mol. The molecular weight excluding hydrogens is 508 g/mol. The molecule has 4 rings (SSSR count). The number of carbonyl (C=O) groups excluding carboxylic acids is 4. The maximum Gasteiger partial charge on any atom is 0.255 e. The Hall–Kier alpha value is -3.24. The number of benzene rings is 2. The predicted octanol–water partition coefficient (Wildman–Crippen LogP) is 6.10. The first kappa shape index (κ1) is 26.8. The largest absolute Gasteiger partial charge is 0.278 e. The Balaban J connectivity index is 1.26. The highest BCUT2D eigenvalue weighted by Gasteiger charge is 2.22. The second-order valence-corrected chi connectivity index (χ2v) is 10.5. The standard InChI is InChI=1S/C27H28N4O4S2/c1-3-22(32)30-20-14-8-6-12-18(20)28-24(30)26(34)36-16-10-5-11-17-37-27(35)25-29-19-13-7-9-15-21(19)31(25)23(33)4-2/h6-9,12-15H,3-5,10-11,16-17H2,1-2H3. The minimum atomic E-state index is -0.220. The lowest BCUT2D eigenvalue weighted by Gasteiger charge is -2.06. The van der Waals surface area contributed by atoms with E-state index in [2.05, 4.69) is 9.97 Å². The second-order valence-electron chi connectivity index (χ2n) is 8.35. The summed E-state index contributed by atoms with van der Waals surface area (Å²) >= 11 is 2.32. The zero-order chi connectivity index (χ0) is 26.4. The number of para-hydroxylation sites is 4. The molecule has 0 saturated carbocycles. The van der Waals surface area contributed by atoms with Gasteiger partial charge in [0.1, 0.15) is 0 Å². The van der Waals surface area contributed by atoms with E-state index >= 15 is 0 Å². The molecule has 0 aliphatic heterocycles. The molecule has 4 aromatic rings. The molecule has 0 atom stereocenters. The number of fused-ring (bicyclic) bond motifs is 2. The summed E-state index contributed by atoms with van der Waals surface area (Å²) in [6.07, 6.45) is 2.99. The van der Waals surface area contributed by atoms with Crippen LogP contribution in [0.2, 0.25) is 0 Å². The smallest absolute Gasteiger partial charge is 0.255 e. The van der Waals surface area contributed by atoms with Gasteiger partial charge >= 0.3 is 0 Å². The van der Waals surface area contributed by atoms with Gasteiger partial charge < -0.3 is 0 Å². The van der Waals surface area contributed by atoms with Crippen molar-refractivity contribution in [3.8, 4) is 0 Å². The van der Waals surface area contributed by atoms with Crippen LogP contribution in [-0.4, -0.2) is 52.7 Å². The number of carbonyl (C=O) groups is 4. The number of hydrogen-bond donors (Lipinski definition) is 0. The number of nitrogens with zero attached hydrogens (tertiary/aromatic N) is 4. The number of imidazole rings is 2. The molecule has 2 heterocycles. The van der Waals surface area contributed by atoms with Gasteiger partial charge in [0, 0.05) is 24.3 Å². The summed E-state index contributed by atoms with van der Waals surface area (Å²) in [4.78, 5) is 59.3. The van der Waals surface area contributed by atoms with Crippen LogP contribution in [0.25, 0.3) is 22.1 Å². The molecule has 0 aliphatic carbocycles. The van der Waals surface area contributed by atoms with Gasteiger partial charge in [-0.05, 0) is 37.1 Å². The lowest BCUT2D eigenvalue weighted by molar-refractivity contribution is 0.0894. The van der Waals surface area contributed by atoms with Crippen LogP contribution in [0, 0.1) is 0 Å². The molecule has 0 spiro atoms. The van der Waals surface area contributed by atoms with Crippen molar-refractivity contribution < 1.29 is 19.2 Å². The number of hydrogen-bond acceptors (Lipinski definition) is 8. The van der Waals surface area contributed by atoms with Gasteiger partial charge in [-0.1, -0.05) is 68.1 Å². The third kappa shape index (κ3) is 5.86. The van der Waals surface area contributed by atoms with Crippen molar-refractivity contribution in [2.24, 2.45) is 0 Å². The third-order valence-corrected chi connectivity index (χ3v) is 7.72. The van der Waals surface area contributed by atoms with Crippen molar-refractivity contribution in [1.29, 1.82) is 0 Å². The molecule has 0 N–H and O–H groups in total. The van der Waals surface area contributed by atoms with E-state index in [1.54, 1.807) is 38.1 Å². The average Bonchev–Trinajstić information content (AvgIpc) is 3.50. The molecule has 192 valence electrons. The minimum Gasteiger partial charge on any atom is -0.278 e. The Morgan fingerprint density at radius 3 is 1.46 bits per heavy atom. The van der Waals surface area contributed by atoms with Gasteiger partial charge in [-0.2, -0.15) is 0 Å². The zero-order valence-corrected chi connectivity index (χ0v) is 22.4. The Kier molecular flexibility index (Phi) is 8.94. The highest BCUT2D eigenvalue weighted by Crippen LogP contribution is 2.23. The normalized spacial score (nSPS) is 11.3. The van der Waals surface area contributed by atoms with Crippen LogP contribution >= 0.6 is 23.5 Å². The fraction of sp³-hybridized carbons (Fsp3) is 0.333. The maximum atomic E-state index is 12.8. The Morgan fingerprint density at radius 2 is 1.05 bits per heavy atom. The van der Waals surface area contributed by atoms with Gasteiger partial charge in [0.15, 0.2) is 11.6 Å². The van der Waals surface area contributed by atoms with Crippen LogP contribution < -0.4 is 0 Å². The van der Waals surface area contributed by atoms with Crippen LogP contribution in [0.15, 0.2) is 48.5 Å². The number of aromatic nitrogens is 4. The SMILES string of the molecule is CCC(=O)n1c(C(=O)SCCCCCSC(=O)c2nc3ccccc3n2C(=O)CC)nc2ccccc21. The van der Waals surface area contributed by atoms with Crippen LogP contribution in [0.1, 0.15) is 76.8 Å². The zero-order valence-electron chi connectivity index (χ0n) is 20.8. The lowest BCUT2D eigenvalue weighted by Crippen LogP contribution is -2.16. The van der Waals surface area contributed by atoms with Gasteiger partial charge in [-0.3, -0.25) is 28.3 Å². The molecule has 0 saturated heterocycles. The predicted molar refractivity (Wildman–Crippen MR) is 149 cm³/mol. The summed E-state index contributed by atoms with van der Waals surface area (Å²) < 4.78 is 2.84. The summed E-state index contributed by atoms with van der Waals surface area (Å²) in [5.74, 6) is 1.22. The van der Waals surface area contributed by atoms with E-state index in [0.717, 1.165) is 42.8 Å². The highest BCUT2D eigenvalue weighted by atomic mass is 32.2.